The van der Waals surface area contributed by atoms with Crippen LogP contribution in [0.25, 0.3) is 0 Å². The second kappa shape index (κ2) is 12.7. The maximum atomic E-state index is 12.2. The van der Waals surface area contributed by atoms with Gasteiger partial charge in [-0.05, 0) is 59.8 Å². The Labute approximate surface area is 154 Å². The first-order chi connectivity index (χ1) is 11.6. The number of hydrogen-bond acceptors (Lipinski definition) is 5. The maximum Gasteiger partial charge on any atom is 0.224 e. The van der Waals surface area contributed by atoms with Crippen LogP contribution in [0.3, 0.4) is 0 Å². The van der Waals surface area contributed by atoms with Crippen LogP contribution in [-0.4, -0.2) is 62.6 Å². The highest BCUT2D eigenvalue weighted by Gasteiger charge is 2.24. The number of nitrogens with one attached hydrogen (secondary N) is 1. The lowest BCUT2D eigenvalue weighted by Gasteiger charge is -2.30. The van der Waals surface area contributed by atoms with E-state index in [1.165, 1.54) is 7.11 Å². The first-order valence-corrected chi connectivity index (χ1v) is 11.0. The fraction of sp³-hybridized carbons (Fsp3) is 0.889. The summed E-state index contributed by atoms with van der Waals surface area (Å²) >= 11 is 0. The summed E-state index contributed by atoms with van der Waals surface area (Å²) in [5, 5.41) is 3.10. The summed E-state index contributed by atoms with van der Waals surface area (Å²) in [6, 6.07) is 0. The fourth-order valence-corrected chi connectivity index (χ4v) is 3.46. The molecule has 6 nitrogen and oxygen atoms in total. The van der Waals surface area contributed by atoms with Gasteiger partial charge in [0.15, 0.2) is 0 Å². The number of carbonyl (C=O) groups is 2. The highest BCUT2D eigenvalue weighted by atomic mass is 31.1. The van der Waals surface area contributed by atoms with E-state index >= 15 is 0 Å². The molecule has 1 atom stereocenters. The summed E-state index contributed by atoms with van der Waals surface area (Å²) in [7, 11) is 1.08. The molecule has 0 saturated heterocycles. The molecule has 1 N–H and O–H groups in total. The van der Waals surface area contributed by atoms with E-state index in [-0.39, 0.29) is 17.0 Å². The van der Waals surface area contributed by atoms with Crippen molar-refractivity contribution < 1.29 is 24.1 Å². The molecular formula is C18H36NO5P. The Morgan fingerprint density at radius 1 is 1.16 bits per heavy atom. The Morgan fingerprint density at radius 2 is 1.84 bits per heavy atom. The smallest absolute Gasteiger partial charge is 0.224 e. The second-order valence-corrected chi connectivity index (χ2v) is 10.1. The summed E-state index contributed by atoms with van der Waals surface area (Å²) in [6.07, 6.45) is 5.32. The molecule has 0 radical (unpaired) electrons. The van der Waals surface area contributed by atoms with E-state index in [0.717, 1.165) is 31.7 Å². The molecule has 0 heterocycles. The fourth-order valence-electron chi connectivity index (χ4n) is 2.35. The lowest BCUT2D eigenvalue weighted by atomic mass is 9.99. The molecule has 0 aliphatic heterocycles. The van der Waals surface area contributed by atoms with Gasteiger partial charge in [-0.3, -0.25) is 4.79 Å². The van der Waals surface area contributed by atoms with E-state index in [1.807, 2.05) is 27.7 Å². The first kappa shape index (κ1) is 24.5. The molecule has 0 bridgehead atoms. The number of carbonyl (C=O) groups excluding carboxylic acids is 2. The molecule has 1 amide bonds. The van der Waals surface area contributed by atoms with E-state index in [0.29, 0.717) is 25.8 Å². The van der Waals surface area contributed by atoms with Gasteiger partial charge in [0.2, 0.25) is 5.91 Å². The number of amides is 1. The van der Waals surface area contributed by atoms with Gasteiger partial charge in [-0.25, -0.2) is 9.78 Å². The molecule has 0 aromatic heterocycles. The van der Waals surface area contributed by atoms with Gasteiger partial charge in [0, 0.05) is 24.7 Å². The summed E-state index contributed by atoms with van der Waals surface area (Å²) in [6.45, 7) is 11.3. The van der Waals surface area contributed by atoms with Crippen molar-refractivity contribution in [1.29, 1.82) is 0 Å². The zero-order valence-corrected chi connectivity index (χ0v) is 17.6. The maximum absolute atomic E-state index is 12.2. The van der Waals surface area contributed by atoms with E-state index in [4.69, 9.17) is 9.62 Å². The minimum Gasteiger partial charge on any atom is -0.375 e. The van der Waals surface area contributed by atoms with Crippen molar-refractivity contribution >= 4 is 20.1 Å². The third-order valence-electron chi connectivity index (χ3n) is 3.89. The lowest BCUT2D eigenvalue weighted by molar-refractivity contribution is -0.267. The van der Waals surface area contributed by atoms with E-state index in [9.17, 15) is 9.59 Å². The number of hydrogen-bond donors (Lipinski definition) is 1. The lowest BCUT2D eigenvalue weighted by Crippen LogP contribution is -2.45. The van der Waals surface area contributed by atoms with Crippen molar-refractivity contribution in [2.24, 2.45) is 0 Å². The van der Waals surface area contributed by atoms with Gasteiger partial charge >= 0.3 is 0 Å². The Morgan fingerprint density at radius 3 is 2.44 bits per heavy atom. The quantitative estimate of drug-likeness (QED) is 0.156. The normalized spacial score (nSPS) is 13.5. The van der Waals surface area contributed by atoms with Crippen molar-refractivity contribution in [2.75, 3.05) is 39.3 Å². The summed E-state index contributed by atoms with van der Waals surface area (Å²) in [5.41, 5.74) is -0.558. The molecule has 0 aliphatic rings. The topological polar surface area (TPSA) is 73.9 Å². The number of ether oxygens (including phenoxy) is 1. The van der Waals surface area contributed by atoms with Gasteiger partial charge in [-0.2, -0.15) is 0 Å². The summed E-state index contributed by atoms with van der Waals surface area (Å²) < 4.78 is 5.95. The third-order valence-corrected chi connectivity index (χ3v) is 5.66. The zero-order chi connectivity index (χ0) is 19.3. The van der Waals surface area contributed by atoms with Gasteiger partial charge in [-0.15, -0.1) is 0 Å². The molecule has 7 heteroatoms. The standard InChI is InChI=1S/C18H36NO5P/c1-17(2,10-12-23-18(3,4)9-7-8-11-20)19-16(21)15-25(6)14-13-24-22-5/h11H,7-10,12-15H2,1-6H3,(H,19,21). The van der Waals surface area contributed by atoms with Crippen LogP contribution in [-0.2, 0) is 24.1 Å². The van der Waals surface area contributed by atoms with Crippen LogP contribution >= 0.6 is 7.92 Å². The van der Waals surface area contributed by atoms with Crippen LogP contribution < -0.4 is 5.32 Å². The van der Waals surface area contributed by atoms with E-state index in [1.54, 1.807) is 0 Å². The molecule has 148 valence electrons. The van der Waals surface area contributed by atoms with Gasteiger partial charge in [0.05, 0.1) is 19.3 Å². The second-order valence-electron chi connectivity index (χ2n) is 7.58. The van der Waals surface area contributed by atoms with Crippen LogP contribution in [0, 0.1) is 0 Å². The average molecular weight is 377 g/mol. The number of unbranched alkanes of at least 4 members (excludes halogenated alkanes) is 1. The van der Waals surface area contributed by atoms with Crippen molar-refractivity contribution in [3.63, 3.8) is 0 Å². The highest BCUT2D eigenvalue weighted by Crippen LogP contribution is 2.29. The zero-order valence-electron chi connectivity index (χ0n) is 16.7. The van der Waals surface area contributed by atoms with Gasteiger partial charge < -0.3 is 14.8 Å². The van der Waals surface area contributed by atoms with Gasteiger partial charge in [0.25, 0.3) is 0 Å². The molecule has 0 spiro atoms. The predicted octanol–water partition coefficient (Wildman–Crippen LogP) is 3.13. The number of rotatable bonds is 15. The summed E-state index contributed by atoms with van der Waals surface area (Å²) in [5.74, 6) is 0.0706. The highest BCUT2D eigenvalue weighted by molar-refractivity contribution is 7.57. The molecule has 0 aromatic carbocycles. The van der Waals surface area contributed by atoms with E-state index < -0.39 is 7.92 Å². The first-order valence-electron chi connectivity index (χ1n) is 8.84. The largest absolute Gasteiger partial charge is 0.375 e. The van der Waals surface area contributed by atoms with Crippen molar-refractivity contribution in [2.45, 2.75) is 64.5 Å². The van der Waals surface area contributed by atoms with E-state index in [2.05, 4.69) is 16.9 Å². The van der Waals surface area contributed by atoms with Crippen LogP contribution in [0.2, 0.25) is 0 Å². The molecule has 0 aliphatic carbocycles. The van der Waals surface area contributed by atoms with Crippen molar-refractivity contribution in [3.8, 4) is 0 Å². The summed E-state index contributed by atoms with van der Waals surface area (Å²) in [4.78, 5) is 32.0. The molecule has 0 fully saturated rings. The molecule has 1 unspecified atom stereocenters. The SMILES string of the molecule is COOCCP(C)CC(=O)NC(C)(C)CCOC(C)(C)CCCC=O. The minimum absolute atomic E-state index is 0.0706. The minimum atomic E-state index is -0.401. The Kier molecular flexibility index (Phi) is 12.5. The Hall–Kier alpha value is -0.550. The van der Waals surface area contributed by atoms with Crippen LogP contribution in [0.1, 0.15) is 53.4 Å². The number of aldehydes is 1. The molecule has 0 aromatic rings. The van der Waals surface area contributed by atoms with Crippen molar-refractivity contribution in [1.82, 2.24) is 5.32 Å². The van der Waals surface area contributed by atoms with Crippen LogP contribution in [0.15, 0.2) is 0 Å². The Bertz CT molecular complexity index is 388. The predicted molar refractivity (Wildman–Crippen MR) is 102 cm³/mol. The van der Waals surface area contributed by atoms with Gasteiger partial charge in [0.1, 0.15) is 6.29 Å². The average Bonchev–Trinajstić information content (AvgIpc) is 2.46. The molecule has 25 heavy (non-hydrogen) atoms. The monoisotopic (exact) mass is 377 g/mol. The molecule has 0 saturated carbocycles. The molecular weight excluding hydrogens is 341 g/mol. The van der Waals surface area contributed by atoms with Crippen LogP contribution in [0.4, 0.5) is 0 Å². The third kappa shape index (κ3) is 14.3. The van der Waals surface area contributed by atoms with Crippen molar-refractivity contribution in [3.05, 3.63) is 0 Å². The molecule has 0 rings (SSSR count). The van der Waals surface area contributed by atoms with Gasteiger partial charge in [-0.1, -0.05) is 7.92 Å². The Balaban J connectivity index is 4.09. The van der Waals surface area contributed by atoms with Crippen LogP contribution in [0.5, 0.6) is 0 Å².